The number of hydrogen-bond donors (Lipinski definition) is 2. The van der Waals surface area contributed by atoms with Crippen molar-refractivity contribution in [1.82, 2.24) is 4.98 Å². The van der Waals surface area contributed by atoms with E-state index in [-0.39, 0.29) is 17.7 Å². The van der Waals surface area contributed by atoms with E-state index in [2.05, 4.69) is 35.4 Å². The molecule has 1 fully saturated rings. The number of aromatic nitrogens is 1. The molecule has 5 heteroatoms. The third-order valence-electron chi connectivity index (χ3n) is 7.64. The highest BCUT2D eigenvalue weighted by molar-refractivity contribution is 6.04. The molecular weight excluding hydrogens is 386 g/mol. The number of carbonyl (C=O) groups excluding carboxylic acids is 1. The van der Waals surface area contributed by atoms with Gasteiger partial charge in [-0.05, 0) is 98.6 Å². The van der Waals surface area contributed by atoms with Crippen LogP contribution in [0.5, 0.6) is 0 Å². The Morgan fingerprint density at radius 3 is 2.94 bits per heavy atom. The van der Waals surface area contributed by atoms with E-state index in [1.165, 1.54) is 11.1 Å². The number of amides is 1. The molecule has 1 heterocycles. The van der Waals surface area contributed by atoms with Gasteiger partial charge in [0.1, 0.15) is 0 Å². The highest BCUT2D eigenvalue weighted by atomic mass is 16.3. The van der Waals surface area contributed by atoms with Crippen molar-refractivity contribution in [2.45, 2.75) is 76.2 Å². The summed E-state index contributed by atoms with van der Waals surface area (Å²) in [7, 11) is 0. The van der Waals surface area contributed by atoms with Gasteiger partial charge in [-0.2, -0.15) is 5.26 Å². The van der Waals surface area contributed by atoms with Crippen LogP contribution in [0.15, 0.2) is 36.5 Å². The van der Waals surface area contributed by atoms with Crippen molar-refractivity contribution in [3.05, 3.63) is 58.9 Å². The van der Waals surface area contributed by atoms with Gasteiger partial charge in [0, 0.05) is 11.8 Å². The van der Waals surface area contributed by atoms with Crippen LogP contribution in [0.4, 0.5) is 5.69 Å². The van der Waals surface area contributed by atoms with Gasteiger partial charge >= 0.3 is 0 Å². The lowest BCUT2D eigenvalue weighted by Crippen LogP contribution is -2.47. The average molecular weight is 418 g/mol. The Kier molecular flexibility index (Phi) is 5.85. The van der Waals surface area contributed by atoms with E-state index in [9.17, 15) is 9.90 Å². The van der Waals surface area contributed by atoms with E-state index in [1.807, 2.05) is 25.1 Å². The number of aliphatic hydroxyl groups is 1. The van der Waals surface area contributed by atoms with Crippen molar-refractivity contribution < 1.29 is 9.90 Å². The summed E-state index contributed by atoms with van der Waals surface area (Å²) in [4.78, 5) is 17.2. The summed E-state index contributed by atoms with van der Waals surface area (Å²) in [5.41, 5.74) is 3.95. The summed E-state index contributed by atoms with van der Waals surface area (Å²) >= 11 is 0. The number of benzene rings is 1. The van der Waals surface area contributed by atoms with Crippen LogP contribution >= 0.6 is 0 Å². The van der Waals surface area contributed by atoms with Crippen LogP contribution < -0.4 is 5.32 Å². The molecule has 31 heavy (non-hydrogen) atoms. The second kappa shape index (κ2) is 8.43. The van der Waals surface area contributed by atoms with E-state index in [4.69, 9.17) is 5.26 Å². The topological polar surface area (TPSA) is 86.0 Å². The number of nitriles is 1. The monoisotopic (exact) mass is 417 g/mol. The number of nitrogens with zero attached hydrogens (tertiary/aromatic N) is 2. The molecule has 0 aliphatic heterocycles. The minimum atomic E-state index is -0.857. The van der Waals surface area contributed by atoms with Gasteiger partial charge in [-0.25, -0.2) is 0 Å². The van der Waals surface area contributed by atoms with Crippen LogP contribution in [-0.4, -0.2) is 21.6 Å². The van der Waals surface area contributed by atoms with Crippen LogP contribution in [0.3, 0.4) is 0 Å². The average Bonchev–Trinajstić information content (AvgIpc) is 2.91. The highest BCUT2D eigenvalue weighted by Gasteiger charge is 2.49. The first-order valence-electron chi connectivity index (χ1n) is 11.4. The fourth-order valence-electron chi connectivity index (χ4n) is 5.89. The maximum Gasteiger partial charge on any atom is 0.255 e. The molecule has 5 nitrogen and oxygen atoms in total. The zero-order chi connectivity index (χ0) is 22.1. The molecular formula is C26H31N3O2. The molecule has 0 unspecified atom stereocenters. The van der Waals surface area contributed by atoms with Crippen LogP contribution in [0.25, 0.3) is 0 Å². The van der Waals surface area contributed by atoms with Crippen molar-refractivity contribution in [3.63, 3.8) is 0 Å². The Morgan fingerprint density at radius 1 is 1.35 bits per heavy atom. The summed E-state index contributed by atoms with van der Waals surface area (Å²) in [5.74, 6) is 0.251. The number of hydrogen-bond acceptors (Lipinski definition) is 4. The second-order valence-electron chi connectivity index (χ2n) is 9.32. The Morgan fingerprint density at radius 2 is 2.19 bits per heavy atom. The van der Waals surface area contributed by atoms with Crippen molar-refractivity contribution >= 4 is 11.6 Å². The molecule has 2 aliphatic carbocycles. The Hall–Kier alpha value is -2.71. The van der Waals surface area contributed by atoms with Gasteiger partial charge in [0.25, 0.3) is 5.91 Å². The summed E-state index contributed by atoms with van der Waals surface area (Å²) < 4.78 is 0. The maximum absolute atomic E-state index is 12.9. The third kappa shape index (κ3) is 3.97. The summed E-state index contributed by atoms with van der Waals surface area (Å²) in [6.45, 7) is 4.12. The van der Waals surface area contributed by atoms with Crippen LogP contribution in [0, 0.1) is 24.2 Å². The molecule has 2 aromatic rings. The number of anilines is 1. The first kappa shape index (κ1) is 21.5. The SMILES string of the molecule is CC[C@]12CC[C@@](O)(CC#N)C[C@H]1CCCc1cc(C(=O)Nc3cccnc3C)ccc12. The molecule has 0 spiro atoms. The highest BCUT2D eigenvalue weighted by Crippen LogP contribution is 2.54. The van der Waals surface area contributed by atoms with E-state index in [0.29, 0.717) is 24.3 Å². The molecule has 4 rings (SSSR count). The fourth-order valence-corrected chi connectivity index (χ4v) is 5.89. The first-order valence-corrected chi connectivity index (χ1v) is 11.4. The Bertz CT molecular complexity index is 1030. The molecule has 3 atom stereocenters. The second-order valence-corrected chi connectivity index (χ2v) is 9.32. The van der Waals surface area contributed by atoms with Gasteiger partial charge in [0.05, 0.1) is 29.5 Å². The minimum absolute atomic E-state index is 0.0163. The van der Waals surface area contributed by atoms with Crippen molar-refractivity contribution in [3.8, 4) is 6.07 Å². The Balaban J connectivity index is 1.64. The summed E-state index contributed by atoms with van der Waals surface area (Å²) in [6.07, 6.45) is 8.20. The zero-order valence-corrected chi connectivity index (χ0v) is 18.4. The molecule has 1 amide bonds. The van der Waals surface area contributed by atoms with E-state index >= 15 is 0 Å². The maximum atomic E-state index is 12.9. The number of rotatable bonds is 4. The van der Waals surface area contributed by atoms with Gasteiger partial charge in [-0.3, -0.25) is 9.78 Å². The lowest BCUT2D eigenvalue weighted by molar-refractivity contribution is -0.0446. The predicted octanol–water partition coefficient (Wildman–Crippen LogP) is 5.07. The summed E-state index contributed by atoms with van der Waals surface area (Å²) in [5, 5.41) is 23.1. The Labute approximate surface area is 184 Å². The van der Waals surface area contributed by atoms with Gasteiger partial charge < -0.3 is 10.4 Å². The molecule has 2 aliphatic rings. The molecule has 1 aromatic heterocycles. The van der Waals surface area contributed by atoms with E-state index in [1.54, 1.807) is 6.20 Å². The van der Waals surface area contributed by atoms with E-state index in [0.717, 1.165) is 43.5 Å². The van der Waals surface area contributed by atoms with Crippen molar-refractivity contribution in [2.24, 2.45) is 5.92 Å². The number of fused-ring (bicyclic) bond motifs is 3. The standard InChI is InChI=1S/C26H31N3O2/c1-3-26-12-11-25(31,13-14-27)17-21(26)7-4-6-19-16-20(9-10-22(19)26)24(30)29-23-8-5-15-28-18(23)2/h5,8-10,15-16,21,31H,3-4,6-7,11-13,17H2,1-2H3,(H,29,30)/t21-,25-,26+/m1/s1. The third-order valence-corrected chi connectivity index (χ3v) is 7.64. The smallest absolute Gasteiger partial charge is 0.255 e. The normalized spacial score (nSPS) is 27.4. The van der Waals surface area contributed by atoms with Gasteiger partial charge in [0.2, 0.25) is 0 Å². The lowest BCUT2D eigenvalue weighted by atomic mass is 9.56. The molecule has 0 saturated heterocycles. The molecule has 1 saturated carbocycles. The van der Waals surface area contributed by atoms with E-state index < -0.39 is 5.60 Å². The number of nitrogens with one attached hydrogen (secondary N) is 1. The predicted molar refractivity (Wildman–Crippen MR) is 121 cm³/mol. The van der Waals surface area contributed by atoms with Gasteiger partial charge in [-0.15, -0.1) is 0 Å². The van der Waals surface area contributed by atoms with Gasteiger partial charge in [0.15, 0.2) is 0 Å². The van der Waals surface area contributed by atoms with Crippen molar-refractivity contribution in [2.75, 3.05) is 5.32 Å². The summed E-state index contributed by atoms with van der Waals surface area (Å²) in [6, 6.07) is 12.0. The quantitative estimate of drug-likeness (QED) is 0.727. The number of aryl methyl sites for hydroxylation is 2. The van der Waals surface area contributed by atoms with Crippen LogP contribution in [0.2, 0.25) is 0 Å². The molecule has 1 aromatic carbocycles. The lowest BCUT2D eigenvalue weighted by Gasteiger charge is -2.49. The number of carbonyl (C=O) groups is 1. The van der Waals surface area contributed by atoms with Crippen molar-refractivity contribution in [1.29, 1.82) is 5.26 Å². The zero-order valence-electron chi connectivity index (χ0n) is 18.4. The minimum Gasteiger partial charge on any atom is -0.389 e. The molecule has 0 bridgehead atoms. The largest absolute Gasteiger partial charge is 0.389 e. The molecule has 0 radical (unpaired) electrons. The fraction of sp³-hybridized carbons (Fsp3) is 0.500. The van der Waals surface area contributed by atoms with Gasteiger partial charge in [-0.1, -0.05) is 13.0 Å². The molecule has 162 valence electrons. The van der Waals surface area contributed by atoms with Crippen LogP contribution in [-0.2, 0) is 11.8 Å². The number of pyridine rings is 1. The first-order chi connectivity index (χ1) is 14.9. The van der Waals surface area contributed by atoms with Crippen LogP contribution in [0.1, 0.15) is 79.0 Å². The molecule has 2 N–H and O–H groups in total.